The van der Waals surface area contributed by atoms with E-state index in [0.29, 0.717) is 0 Å². The number of hydrogen-bond acceptors (Lipinski definition) is 4. The van der Waals surface area contributed by atoms with Gasteiger partial charge in [-0.25, -0.2) is 0 Å². The second-order valence-corrected chi connectivity index (χ2v) is 7.88. The largest absolute Gasteiger partial charge is 0.355 e. The third-order valence-corrected chi connectivity index (χ3v) is 5.40. The zero-order chi connectivity index (χ0) is 21.4. The number of hydrogen-bond donors (Lipinski definition) is 2. The number of aromatic amines is 1. The quantitative estimate of drug-likeness (QED) is 0.365. The van der Waals surface area contributed by atoms with Gasteiger partial charge in [-0.1, -0.05) is 29.8 Å². The molecule has 0 aliphatic rings. The molecule has 3 aromatic heterocycles. The third-order valence-electron chi connectivity index (χ3n) is 5.40. The summed E-state index contributed by atoms with van der Waals surface area (Å²) in [6, 6.07) is 20.9. The van der Waals surface area contributed by atoms with E-state index in [1.807, 2.05) is 25.3 Å². The van der Waals surface area contributed by atoms with Crippen molar-refractivity contribution in [2.24, 2.45) is 0 Å². The summed E-state index contributed by atoms with van der Waals surface area (Å²) in [7, 11) is 0. The molecule has 0 saturated heterocycles. The number of aryl methyl sites for hydroxylation is 3. The summed E-state index contributed by atoms with van der Waals surface area (Å²) in [6.07, 6.45) is 3.69. The van der Waals surface area contributed by atoms with Crippen LogP contribution in [-0.4, -0.2) is 20.2 Å². The first-order valence-electron chi connectivity index (χ1n) is 10.3. The van der Waals surface area contributed by atoms with Crippen LogP contribution in [0.4, 0.5) is 11.4 Å². The van der Waals surface area contributed by atoms with Crippen LogP contribution in [0.15, 0.2) is 73.1 Å². The minimum absolute atomic E-state index is 0.844. The van der Waals surface area contributed by atoms with E-state index in [0.717, 1.165) is 50.5 Å². The summed E-state index contributed by atoms with van der Waals surface area (Å²) in [5, 5.41) is 11.7. The van der Waals surface area contributed by atoms with Crippen LogP contribution >= 0.6 is 0 Å². The lowest BCUT2D eigenvalue weighted by Crippen LogP contribution is -1.96. The van der Waals surface area contributed by atoms with Gasteiger partial charge in [-0.3, -0.25) is 15.1 Å². The molecule has 0 spiro atoms. The summed E-state index contributed by atoms with van der Waals surface area (Å²) in [6.45, 7) is 6.27. The van der Waals surface area contributed by atoms with Gasteiger partial charge in [-0.15, -0.1) is 0 Å². The second kappa shape index (κ2) is 7.69. The Morgan fingerprint density at radius 3 is 2.32 bits per heavy atom. The van der Waals surface area contributed by atoms with Gasteiger partial charge in [0.15, 0.2) is 0 Å². The molecule has 0 unspecified atom stereocenters. The first-order valence-corrected chi connectivity index (χ1v) is 10.3. The topological polar surface area (TPSA) is 66.5 Å². The molecule has 2 N–H and O–H groups in total. The predicted molar refractivity (Wildman–Crippen MR) is 126 cm³/mol. The van der Waals surface area contributed by atoms with Crippen LogP contribution in [0.25, 0.3) is 33.4 Å². The maximum atomic E-state index is 4.74. The molecule has 31 heavy (non-hydrogen) atoms. The van der Waals surface area contributed by atoms with Crippen molar-refractivity contribution in [3.63, 3.8) is 0 Å². The molecule has 0 radical (unpaired) electrons. The first kappa shape index (κ1) is 19.0. The highest BCUT2D eigenvalue weighted by atomic mass is 15.1. The average Bonchev–Trinajstić information content (AvgIpc) is 3.30. The molecule has 0 saturated carbocycles. The number of pyridine rings is 2. The lowest BCUT2D eigenvalue weighted by molar-refractivity contribution is 1.09. The van der Waals surface area contributed by atoms with Crippen LogP contribution in [0.5, 0.6) is 0 Å². The number of anilines is 2. The Morgan fingerprint density at radius 2 is 1.61 bits per heavy atom. The molecular formula is C26H23N5. The van der Waals surface area contributed by atoms with Crippen LogP contribution in [0.3, 0.4) is 0 Å². The molecule has 0 amide bonds. The van der Waals surface area contributed by atoms with Crippen molar-refractivity contribution in [2.45, 2.75) is 20.8 Å². The number of aromatic nitrogens is 4. The predicted octanol–water partition coefficient (Wildman–Crippen LogP) is 6.36. The van der Waals surface area contributed by atoms with E-state index in [2.05, 4.69) is 82.9 Å². The zero-order valence-corrected chi connectivity index (χ0v) is 17.8. The van der Waals surface area contributed by atoms with E-state index in [1.165, 1.54) is 11.1 Å². The van der Waals surface area contributed by atoms with E-state index < -0.39 is 0 Å². The van der Waals surface area contributed by atoms with Gasteiger partial charge in [0.2, 0.25) is 0 Å². The Kier molecular flexibility index (Phi) is 4.71. The van der Waals surface area contributed by atoms with Crippen molar-refractivity contribution in [2.75, 3.05) is 5.32 Å². The van der Waals surface area contributed by atoms with Crippen molar-refractivity contribution >= 4 is 22.3 Å². The fourth-order valence-electron chi connectivity index (χ4n) is 3.93. The summed E-state index contributed by atoms with van der Waals surface area (Å²) >= 11 is 0. The molecule has 5 nitrogen and oxygen atoms in total. The Hall–Kier alpha value is -3.99. The maximum absolute atomic E-state index is 4.74. The smallest absolute Gasteiger partial charge is 0.110 e. The number of H-pyrrole nitrogens is 1. The van der Waals surface area contributed by atoms with Crippen molar-refractivity contribution < 1.29 is 0 Å². The molecule has 0 bridgehead atoms. The highest BCUT2D eigenvalue weighted by Gasteiger charge is 2.09. The van der Waals surface area contributed by atoms with E-state index >= 15 is 0 Å². The van der Waals surface area contributed by atoms with Crippen LogP contribution in [-0.2, 0) is 0 Å². The fourth-order valence-corrected chi connectivity index (χ4v) is 3.93. The monoisotopic (exact) mass is 405 g/mol. The highest BCUT2D eigenvalue weighted by molar-refractivity contribution is 5.95. The van der Waals surface area contributed by atoms with E-state index in [1.54, 1.807) is 6.20 Å². The van der Waals surface area contributed by atoms with Crippen LogP contribution in [0, 0.1) is 20.8 Å². The minimum atomic E-state index is 0.844. The molecule has 5 rings (SSSR count). The second-order valence-electron chi connectivity index (χ2n) is 7.88. The van der Waals surface area contributed by atoms with E-state index in [-0.39, 0.29) is 0 Å². The maximum Gasteiger partial charge on any atom is 0.110 e. The van der Waals surface area contributed by atoms with Crippen LogP contribution in [0.1, 0.15) is 16.8 Å². The van der Waals surface area contributed by atoms with Gasteiger partial charge in [0.25, 0.3) is 0 Å². The summed E-state index contributed by atoms with van der Waals surface area (Å²) in [5.41, 5.74) is 10.5. The van der Waals surface area contributed by atoms with Crippen molar-refractivity contribution in [1.82, 2.24) is 20.2 Å². The van der Waals surface area contributed by atoms with Gasteiger partial charge in [0.05, 0.1) is 11.2 Å². The lowest BCUT2D eigenvalue weighted by atomic mass is 10.0. The summed E-state index contributed by atoms with van der Waals surface area (Å²) < 4.78 is 0. The third kappa shape index (κ3) is 3.78. The van der Waals surface area contributed by atoms with Gasteiger partial charge in [-0.05, 0) is 68.3 Å². The Morgan fingerprint density at radius 1 is 0.806 bits per heavy atom. The van der Waals surface area contributed by atoms with Crippen molar-refractivity contribution in [1.29, 1.82) is 0 Å². The van der Waals surface area contributed by atoms with Gasteiger partial charge in [0.1, 0.15) is 5.69 Å². The summed E-state index contributed by atoms with van der Waals surface area (Å²) in [5.74, 6) is 0. The first-order chi connectivity index (χ1) is 15.1. The number of nitrogens with one attached hydrogen (secondary N) is 2. The highest BCUT2D eigenvalue weighted by Crippen LogP contribution is 2.30. The molecule has 5 aromatic rings. The molecule has 0 aliphatic heterocycles. The number of fused-ring (bicyclic) bond motifs is 1. The SMILES string of the molecule is Cc1cc(C)c2nc(C)cc(Nc3ccc(-c4ccc(-c5cc[nH]n5)nc4)cc3)c2c1. The molecule has 152 valence electrons. The standard InChI is InChI=1S/C26H23N5/c1-16-12-17(2)26-22(13-16)25(14-18(3)29-26)30-21-7-4-19(5-8-21)20-6-9-23(27-15-20)24-10-11-28-31-24/h4-15H,1-3H3,(H,28,31)(H,29,30). The fraction of sp³-hybridized carbons (Fsp3) is 0.115. The Balaban J connectivity index is 1.42. The molecule has 0 fully saturated rings. The number of rotatable bonds is 4. The molecular weight excluding hydrogens is 382 g/mol. The van der Waals surface area contributed by atoms with Gasteiger partial charge < -0.3 is 5.32 Å². The van der Waals surface area contributed by atoms with Gasteiger partial charge in [0, 0.05) is 40.4 Å². The van der Waals surface area contributed by atoms with Gasteiger partial charge in [-0.2, -0.15) is 5.10 Å². The van der Waals surface area contributed by atoms with Crippen LogP contribution < -0.4 is 5.32 Å². The molecule has 3 heterocycles. The minimum Gasteiger partial charge on any atom is -0.355 e. The zero-order valence-electron chi connectivity index (χ0n) is 17.8. The molecule has 0 atom stereocenters. The van der Waals surface area contributed by atoms with Crippen molar-refractivity contribution in [3.05, 3.63) is 89.9 Å². The molecule has 5 heteroatoms. The van der Waals surface area contributed by atoms with Gasteiger partial charge >= 0.3 is 0 Å². The lowest BCUT2D eigenvalue weighted by Gasteiger charge is -2.13. The number of benzene rings is 2. The molecule has 2 aromatic carbocycles. The molecule has 0 aliphatic carbocycles. The van der Waals surface area contributed by atoms with Crippen LogP contribution in [0.2, 0.25) is 0 Å². The normalized spacial score (nSPS) is 11.1. The van der Waals surface area contributed by atoms with E-state index in [9.17, 15) is 0 Å². The number of nitrogens with zero attached hydrogens (tertiary/aromatic N) is 3. The Labute approximate surface area is 181 Å². The average molecular weight is 406 g/mol. The van der Waals surface area contributed by atoms with Crippen molar-refractivity contribution in [3.8, 4) is 22.5 Å². The van der Waals surface area contributed by atoms with E-state index in [4.69, 9.17) is 4.98 Å². The summed E-state index contributed by atoms with van der Waals surface area (Å²) in [4.78, 5) is 9.29. The Bertz CT molecular complexity index is 1350.